The van der Waals surface area contributed by atoms with E-state index in [1.165, 1.54) is 6.21 Å². The van der Waals surface area contributed by atoms with Crippen LogP contribution in [0.3, 0.4) is 0 Å². The summed E-state index contributed by atoms with van der Waals surface area (Å²) in [6.07, 6.45) is -4.45. The van der Waals surface area contributed by atoms with Gasteiger partial charge in [0.1, 0.15) is 6.17 Å². The second-order valence-corrected chi connectivity index (χ2v) is 9.18. The lowest BCUT2D eigenvalue weighted by molar-refractivity contribution is -0.133. The smallest absolute Gasteiger partial charge is 0.392 e. The third-order valence-corrected chi connectivity index (χ3v) is 7.03. The summed E-state index contributed by atoms with van der Waals surface area (Å²) in [5.41, 5.74) is -0.211. The zero-order valence-corrected chi connectivity index (χ0v) is 18.1. The highest BCUT2D eigenvalue weighted by Crippen LogP contribution is 2.39. The Morgan fingerprint density at radius 1 is 1.31 bits per heavy atom. The van der Waals surface area contributed by atoms with E-state index < -0.39 is 30.4 Å². The highest BCUT2D eigenvalue weighted by molar-refractivity contribution is 7.21. The third-order valence-electron chi connectivity index (χ3n) is 5.82. The number of fused-ring (bicyclic) bond motifs is 1. The predicted molar refractivity (Wildman–Crippen MR) is 115 cm³/mol. The highest BCUT2D eigenvalue weighted by atomic mass is 32.1. The molecule has 0 bridgehead atoms. The molecule has 2 atom stereocenters. The molecule has 0 aliphatic carbocycles. The lowest BCUT2D eigenvalue weighted by Crippen LogP contribution is -2.41. The van der Waals surface area contributed by atoms with Crippen molar-refractivity contribution in [1.82, 2.24) is 5.32 Å². The van der Waals surface area contributed by atoms with Gasteiger partial charge >= 0.3 is 6.18 Å². The van der Waals surface area contributed by atoms with Crippen LogP contribution in [-0.4, -0.2) is 68.2 Å². The molecule has 2 aliphatic rings. The molecule has 2 aliphatic heterocycles. The minimum atomic E-state index is -4.41. The summed E-state index contributed by atoms with van der Waals surface area (Å²) in [6.45, 7) is 1.25. The van der Waals surface area contributed by atoms with Crippen LogP contribution in [0.1, 0.15) is 23.3 Å². The van der Waals surface area contributed by atoms with Crippen LogP contribution >= 0.6 is 11.3 Å². The summed E-state index contributed by atoms with van der Waals surface area (Å²) in [6, 6.07) is 4.57. The number of thiophene rings is 1. The second-order valence-electron chi connectivity index (χ2n) is 8.12. The maximum atomic E-state index is 14.1. The topological polar surface area (TPSA) is 75.1 Å². The lowest BCUT2D eigenvalue weighted by atomic mass is 9.96. The number of ether oxygens (including phenoxy) is 1. The molecule has 0 radical (unpaired) electrons. The van der Waals surface area contributed by atoms with E-state index in [0.29, 0.717) is 53.3 Å². The van der Waals surface area contributed by atoms with E-state index in [1.54, 1.807) is 18.2 Å². The Bertz CT molecular complexity index is 960. The van der Waals surface area contributed by atoms with E-state index >= 15 is 0 Å². The molecule has 6 nitrogen and oxygen atoms in total. The Kier molecular flexibility index (Phi) is 6.89. The molecule has 2 saturated heterocycles. The number of alkyl halides is 4. The zero-order chi connectivity index (χ0) is 22.8. The van der Waals surface area contributed by atoms with E-state index in [2.05, 4.69) is 15.8 Å². The molecule has 4 rings (SSSR count). The van der Waals surface area contributed by atoms with Crippen LogP contribution in [0.25, 0.3) is 10.1 Å². The van der Waals surface area contributed by atoms with Crippen LogP contribution in [0, 0.1) is 0 Å². The third kappa shape index (κ3) is 5.16. The van der Waals surface area contributed by atoms with Crippen LogP contribution in [0.5, 0.6) is 0 Å². The number of nitrogens with one attached hydrogen (secondary N) is 2. The lowest BCUT2D eigenvalue weighted by Gasteiger charge is -2.32. The van der Waals surface area contributed by atoms with E-state index in [-0.39, 0.29) is 18.7 Å². The highest BCUT2D eigenvalue weighted by Gasteiger charge is 2.35. The molecule has 1 aromatic heterocycles. The SMILES string of the molecule is OCC1(O/N=C/c2sc3c(N[C@@H]4CNC[C@@H]4F)cccc3c2CC(F)(F)F)CCOCC1. The number of rotatable bonds is 7. The van der Waals surface area contributed by atoms with E-state index in [1.807, 2.05) is 0 Å². The quantitative estimate of drug-likeness (QED) is 0.324. The van der Waals surface area contributed by atoms with Crippen molar-refractivity contribution in [2.45, 2.75) is 43.3 Å². The summed E-state index contributed by atoms with van der Waals surface area (Å²) in [5.74, 6) is 0. The molecule has 0 spiro atoms. The van der Waals surface area contributed by atoms with Crippen LogP contribution in [0.4, 0.5) is 23.2 Å². The van der Waals surface area contributed by atoms with Crippen molar-refractivity contribution in [3.63, 3.8) is 0 Å². The molecular formula is C21H25F4N3O3S. The van der Waals surface area contributed by atoms with Gasteiger partial charge in [-0.25, -0.2) is 4.39 Å². The monoisotopic (exact) mass is 475 g/mol. The Morgan fingerprint density at radius 3 is 2.75 bits per heavy atom. The fourth-order valence-electron chi connectivity index (χ4n) is 3.99. The van der Waals surface area contributed by atoms with Gasteiger partial charge in [0, 0.05) is 25.9 Å². The van der Waals surface area contributed by atoms with Gasteiger partial charge in [-0.05, 0) is 17.0 Å². The number of halogens is 4. The first-order valence-electron chi connectivity index (χ1n) is 10.4. The van der Waals surface area contributed by atoms with Crippen molar-refractivity contribution < 1.29 is 32.2 Å². The van der Waals surface area contributed by atoms with Gasteiger partial charge < -0.3 is 25.3 Å². The van der Waals surface area contributed by atoms with Gasteiger partial charge in [-0.1, -0.05) is 17.3 Å². The van der Waals surface area contributed by atoms with Gasteiger partial charge in [0.15, 0.2) is 5.60 Å². The number of aliphatic hydroxyl groups is 1. The number of oxime groups is 1. The molecule has 3 heterocycles. The van der Waals surface area contributed by atoms with Crippen molar-refractivity contribution in [1.29, 1.82) is 0 Å². The average molecular weight is 476 g/mol. The van der Waals surface area contributed by atoms with E-state index in [4.69, 9.17) is 9.57 Å². The van der Waals surface area contributed by atoms with Gasteiger partial charge in [-0.2, -0.15) is 13.2 Å². The number of anilines is 1. The van der Waals surface area contributed by atoms with Crippen LogP contribution < -0.4 is 10.6 Å². The number of aliphatic hydroxyl groups excluding tert-OH is 1. The van der Waals surface area contributed by atoms with Crippen molar-refractivity contribution >= 4 is 33.3 Å². The molecule has 2 aromatic rings. The van der Waals surface area contributed by atoms with Crippen LogP contribution in [-0.2, 0) is 16.0 Å². The van der Waals surface area contributed by atoms with Crippen molar-refractivity contribution in [3.8, 4) is 0 Å². The second kappa shape index (κ2) is 9.50. The first-order chi connectivity index (χ1) is 15.3. The minimum Gasteiger partial charge on any atom is -0.392 e. The number of hydrogen-bond acceptors (Lipinski definition) is 7. The van der Waals surface area contributed by atoms with Gasteiger partial charge in [-0.3, -0.25) is 0 Å². The summed E-state index contributed by atoms with van der Waals surface area (Å²) >= 11 is 1.15. The largest absolute Gasteiger partial charge is 0.393 e. The predicted octanol–water partition coefficient (Wildman–Crippen LogP) is 3.62. The fourth-order valence-corrected chi connectivity index (χ4v) is 5.14. The molecule has 0 amide bonds. The van der Waals surface area contributed by atoms with Crippen LogP contribution in [0.15, 0.2) is 23.4 Å². The molecule has 3 N–H and O–H groups in total. The van der Waals surface area contributed by atoms with Crippen LogP contribution in [0.2, 0.25) is 0 Å². The van der Waals surface area contributed by atoms with Gasteiger partial charge in [0.25, 0.3) is 0 Å². The summed E-state index contributed by atoms with van der Waals surface area (Å²) in [7, 11) is 0. The van der Waals surface area contributed by atoms with E-state index in [0.717, 1.165) is 11.3 Å². The van der Waals surface area contributed by atoms with E-state index in [9.17, 15) is 22.7 Å². The molecule has 0 unspecified atom stereocenters. The maximum Gasteiger partial charge on any atom is 0.393 e. The molecule has 32 heavy (non-hydrogen) atoms. The zero-order valence-electron chi connectivity index (χ0n) is 17.3. The Morgan fingerprint density at radius 2 is 2.09 bits per heavy atom. The minimum absolute atomic E-state index is 0.0971. The Hall–Kier alpha value is -1.95. The molecular weight excluding hydrogens is 450 g/mol. The fraction of sp³-hybridized carbons (Fsp3) is 0.571. The molecule has 0 saturated carbocycles. The van der Waals surface area contributed by atoms with Crippen molar-refractivity contribution in [3.05, 3.63) is 28.6 Å². The Balaban J connectivity index is 1.65. The Labute approximate surface area is 186 Å². The number of hydrogen-bond donors (Lipinski definition) is 3. The first-order valence-corrected chi connectivity index (χ1v) is 11.2. The summed E-state index contributed by atoms with van der Waals surface area (Å²) < 4.78 is 60.0. The average Bonchev–Trinajstić information content (AvgIpc) is 3.32. The first kappa shape index (κ1) is 23.2. The van der Waals surface area contributed by atoms with Gasteiger partial charge in [0.2, 0.25) is 0 Å². The van der Waals surface area contributed by atoms with Gasteiger partial charge in [0.05, 0.1) is 53.8 Å². The normalized spacial score (nSPS) is 23.8. The standard InChI is InChI=1S/C21H25F4N3O3S/c22-15-9-26-10-17(15)28-16-3-1-2-13-14(8-21(23,24)25)18(32-19(13)16)11-27-31-20(12-29)4-6-30-7-5-20/h1-3,11,15,17,26,28-29H,4-10,12H2/b27-11+/t15-,17+/m0/s1. The number of nitrogens with zero attached hydrogens (tertiary/aromatic N) is 1. The van der Waals surface area contributed by atoms with Crippen molar-refractivity contribution in [2.75, 3.05) is 38.2 Å². The van der Waals surface area contributed by atoms with Crippen molar-refractivity contribution in [2.24, 2.45) is 5.16 Å². The molecule has 1 aromatic carbocycles. The summed E-state index contributed by atoms with van der Waals surface area (Å²) in [4.78, 5) is 5.86. The molecule has 176 valence electrons. The van der Waals surface area contributed by atoms with Gasteiger partial charge in [-0.15, -0.1) is 11.3 Å². The number of benzene rings is 1. The molecule has 2 fully saturated rings. The maximum absolute atomic E-state index is 14.1. The molecule has 11 heteroatoms. The summed E-state index contributed by atoms with van der Waals surface area (Å²) in [5, 5.41) is 20.2.